The molecule has 1 aromatic rings. The van der Waals surface area contributed by atoms with Crippen LogP contribution in [0.5, 0.6) is 0 Å². The zero-order chi connectivity index (χ0) is 13.7. The van der Waals surface area contributed by atoms with Crippen LogP contribution in [0.4, 0.5) is 4.39 Å². The molecule has 0 amide bonds. The largest absolute Gasteiger partial charge is 0.354 e. The minimum absolute atomic E-state index is 0.210. The molecule has 0 aromatic heterocycles. The highest BCUT2D eigenvalue weighted by atomic mass is 79.9. The molecule has 0 atom stereocenters. The van der Waals surface area contributed by atoms with Crippen LogP contribution in [0, 0.1) is 5.82 Å². The van der Waals surface area contributed by atoms with Gasteiger partial charge in [0.25, 0.3) is 0 Å². The maximum absolute atomic E-state index is 13.7. The summed E-state index contributed by atoms with van der Waals surface area (Å²) in [6.45, 7) is 0.436. The summed E-state index contributed by atoms with van der Waals surface area (Å²) >= 11 is 3.25. The average molecular weight is 328 g/mol. The van der Waals surface area contributed by atoms with E-state index in [9.17, 15) is 4.39 Å². The Morgan fingerprint density at radius 3 is 2.79 bits per heavy atom. The summed E-state index contributed by atoms with van der Waals surface area (Å²) in [6.07, 6.45) is 4.92. The molecule has 0 bridgehead atoms. The van der Waals surface area contributed by atoms with Crippen LogP contribution in [0.15, 0.2) is 27.7 Å². The van der Waals surface area contributed by atoms with Crippen molar-refractivity contribution >= 4 is 21.9 Å². The molecule has 0 aliphatic heterocycles. The summed E-state index contributed by atoms with van der Waals surface area (Å²) in [6, 6.07) is 5.59. The van der Waals surface area contributed by atoms with Gasteiger partial charge in [-0.1, -0.05) is 34.8 Å². The van der Waals surface area contributed by atoms with E-state index >= 15 is 0 Å². The normalized spacial score (nSPS) is 16.7. The van der Waals surface area contributed by atoms with Crippen molar-refractivity contribution in [2.75, 3.05) is 7.05 Å². The van der Waals surface area contributed by atoms with E-state index in [1.54, 1.807) is 13.1 Å². The Labute approximate surface area is 121 Å². The summed E-state index contributed by atoms with van der Waals surface area (Å²) < 4.78 is 14.4. The van der Waals surface area contributed by atoms with E-state index in [1.807, 2.05) is 6.07 Å². The number of hydrogen-bond donors (Lipinski definition) is 2. The van der Waals surface area contributed by atoms with Crippen LogP contribution in [-0.4, -0.2) is 19.0 Å². The van der Waals surface area contributed by atoms with Gasteiger partial charge in [-0.3, -0.25) is 4.99 Å². The van der Waals surface area contributed by atoms with E-state index in [1.165, 1.54) is 31.7 Å². The number of benzene rings is 1. The van der Waals surface area contributed by atoms with Crippen molar-refractivity contribution < 1.29 is 4.39 Å². The Kier molecular flexibility index (Phi) is 5.19. The van der Waals surface area contributed by atoms with Crippen LogP contribution < -0.4 is 10.6 Å². The Morgan fingerprint density at radius 2 is 2.16 bits per heavy atom. The molecule has 0 spiro atoms. The molecule has 1 aliphatic carbocycles. The molecule has 0 radical (unpaired) electrons. The summed E-state index contributed by atoms with van der Waals surface area (Å²) in [7, 11) is 1.74. The fourth-order valence-electron chi connectivity index (χ4n) is 2.30. The minimum Gasteiger partial charge on any atom is -0.354 e. The lowest BCUT2D eigenvalue weighted by Gasteiger charge is -2.17. The van der Waals surface area contributed by atoms with Crippen molar-refractivity contribution in [2.45, 2.75) is 38.3 Å². The lowest BCUT2D eigenvalue weighted by Crippen LogP contribution is -2.42. The maximum atomic E-state index is 13.7. The topological polar surface area (TPSA) is 36.4 Å². The predicted molar refractivity (Wildman–Crippen MR) is 79.7 cm³/mol. The van der Waals surface area contributed by atoms with Gasteiger partial charge in [-0.15, -0.1) is 0 Å². The van der Waals surface area contributed by atoms with Gasteiger partial charge in [0.2, 0.25) is 0 Å². The smallest absolute Gasteiger partial charge is 0.191 e. The van der Waals surface area contributed by atoms with Gasteiger partial charge in [0.05, 0.1) is 0 Å². The van der Waals surface area contributed by atoms with Crippen molar-refractivity contribution in [2.24, 2.45) is 4.99 Å². The number of guanidine groups is 1. The number of nitrogens with zero attached hydrogens (tertiary/aromatic N) is 1. The van der Waals surface area contributed by atoms with Crippen LogP contribution >= 0.6 is 15.9 Å². The molecule has 1 aliphatic rings. The van der Waals surface area contributed by atoms with E-state index in [-0.39, 0.29) is 5.82 Å². The monoisotopic (exact) mass is 327 g/mol. The van der Waals surface area contributed by atoms with Gasteiger partial charge in [0.1, 0.15) is 5.82 Å². The lowest BCUT2D eigenvalue weighted by molar-refractivity contribution is 0.594. The van der Waals surface area contributed by atoms with Crippen molar-refractivity contribution in [1.82, 2.24) is 10.6 Å². The van der Waals surface area contributed by atoms with E-state index < -0.39 is 0 Å². The van der Waals surface area contributed by atoms with Crippen LogP contribution in [0.25, 0.3) is 0 Å². The first-order chi connectivity index (χ1) is 9.19. The third-order valence-electron chi connectivity index (χ3n) is 3.38. The van der Waals surface area contributed by atoms with Crippen molar-refractivity contribution in [1.29, 1.82) is 0 Å². The Morgan fingerprint density at radius 1 is 1.42 bits per heavy atom. The number of hydrogen-bond acceptors (Lipinski definition) is 1. The second-order valence-electron chi connectivity index (χ2n) is 4.79. The van der Waals surface area contributed by atoms with Gasteiger partial charge in [0.15, 0.2) is 5.96 Å². The fourth-order valence-corrected chi connectivity index (χ4v) is 2.64. The first kappa shape index (κ1) is 14.3. The standard InChI is InChI=1S/C14H19BrFN3/c1-17-14(19-12-4-2-3-5-12)18-9-10-6-7-11(15)8-13(10)16/h6-8,12H,2-5,9H2,1H3,(H2,17,18,19). The molecule has 2 N–H and O–H groups in total. The van der Waals surface area contributed by atoms with E-state index in [0.29, 0.717) is 18.2 Å². The first-order valence-electron chi connectivity index (χ1n) is 6.60. The third-order valence-corrected chi connectivity index (χ3v) is 3.87. The second-order valence-corrected chi connectivity index (χ2v) is 5.70. The molecule has 3 nitrogen and oxygen atoms in total. The van der Waals surface area contributed by atoms with Gasteiger partial charge in [-0.25, -0.2) is 4.39 Å². The third kappa shape index (κ3) is 4.20. The second kappa shape index (κ2) is 6.89. The fraction of sp³-hybridized carbons (Fsp3) is 0.500. The van der Waals surface area contributed by atoms with Crippen LogP contribution in [0.1, 0.15) is 31.2 Å². The van der Waals surface area contributed by atoms with Gasteiger partial charge >= 0.3 is 0 Å². The molecule has 19 heavy (non-hydrogen) atoms. The predicted octanol–water partition coefficient (Wildman–Crippen LogP) is 3.20. The van der Waals surface area contributed by atoms with Crippen molar-refractivity contribution in [3.63, 3.8) is 0 Å². The zero-order valence-electron chi connectivity index (χ0n) is 11.0. The van der Waals surface area contributed by atoms with E-state index in [2.05, 4.69) is 31.6 Å². The number of nitrogens with one attached hydrogen (secondary N) is 2. The highest BCUT2D eigenvalue weighted by Gasteiger charge is 2.15. The van der Waals surface area contributed by atoms with Crippen molar-refractivity contribution in [3.8, 4) is 0 Å². The van der Waals surface area contributed by atoms with Crippen LogP contribution in [-0.2, 0) is 6.54 Å². The molecular weight excluding hydrogens is 309 g/mol. The molecular formula is C14H19BrFN3. The van der Waals surface area contributed by atoms with Gasteiger partial charge < -0.3 is 10.6 Å². The minimum atomic E-state index is -0.210. The Balaban J connectivity index is 1.88. The molecule has 1 aromatic carbocycles. The average Bonchev–Trinajstić information content (AvgIpc) is 2.89. The van der Waals surface area contributed by atoms with Gasteiger partial charge in [-0.05, 0) is 25.0 Å². The molecule has 2 rings (SSSR count). The summed E-state index contributed by atoms with van der Waals surface area (Å²) in [5.74, 6) is 0.535. The Bertz CT molecular complexity index is 456. The maximum Gasteiger partial charge on any atom is 0.191 e. The molecule has 5 heteroatoms. The highest BCUT2D eigenvalue weighted by Crippen LogP contribution is 2.17. The molecule has 0 unspecified atom stereocenters. The molecule has 104 valence electrons. The lowest BCUT2D eigenvalue weighted by atomic mass is 10.2. The van der Waals surface area contributed by atoms with E-state index in [4.69, 9.17) is 0 Å². The molecule has 1 saturated carbocycles. The first-order valence-corrected chi connectivity index (χ1v) is 7.39. The number of halogens is 2. The quantitative estimate of drug-likeness (QED) is 0.660. The number of rotatable bonds is 3. The van der Waals surface area contributed by atoms with Gasteiger partial charge in [0, 0.05) is 29.7 Å². The molecule has 0 heterocycles. The van der Waals surface area contributed by atoms with Gasteiger partial charge in [-0.2, -0.15) is 0 Å². The Hall–Kier alpha value is -1.10. The van der Waals surface area contributed by atoms with Crippen molar-refractivity contribution in [3.05, 3.63) is 34.1 Å². The van der Waals surface area contributed by atoms with E-state index in [0.717, 1.165) is 10.4 Å². The molecule has 0 saturated heterocycles. The summed E-state index contributed by atoms with van der Waals surface area (Å²) in [5.41, 5.74) is 0.637. The highest BCUT2D eigenvalue weighted by molar-refractivity contribution is 9.10. The SMILES string of the molecule is CN=C(NCc1ccc(Br)cc1F)NC1CCCC1. The van der Waals surface area contributed by atoms with Crippen LogP contribution in [0.3, 0.4) is 0 Å². The summed E-state index contributed by atoms with van der Waals surface area (Å²) in [4.78, 5) is 4.18. The molecule has 1 fully saturated rings. The summed E-state index contributed by atoms with van der Waals surface area (Å²) in [5, 5.41) is 6.53. The van der Waals surface area contributed by atoms with Crippen LogP contribution in [0.2, 0.25) is 0 Å². The number of aliphatic imine (C=N–C) groups is 1. The zero-order valence-corrected chi connectivity index (χ0v) is 12.6.